The second-order valence-electron chi connectivity index (χ2n) is 6.73. The highest BCUT2D eigenvalue weighted by Gasteiger charge is 2.32. The van der Waals surface area contributed by atoms with Gasteiger partial charge in [-0.3, -0.25) is 4.79 Å². The van der Waals surface area contributed by atoms with Crippen molar-refractivity contribution in [1.29, 1.82) is 5.26 Å². The Hall–Kier alpha value is -2.32. The number of ether oxygens (including phenoxy) is 1. The van der Waals surface area contributed by atoms with Gasteiger partial charge in [-0.25, -0.2) is 0 Å². The van der Waals surface area contributed by atoms with Gasteiger partial charge >= 0.3 is 0 Å². The number of hydrogen-bond donors (Lipinski definition) is 0. The van der Waals surface area contributed by atoms with Crippen LogP contribution < -0.4 is 4.74 Å². The second-order valence-corrected chi connectivity index (χ2v) is 7.64. The van der Waals surface area contributed by atoms with Crippen LogP contribution >= 0.6 is 11.3 Å². The lowest BCUT2D eigenvalue weighted by Gasteiger charge is -2.32. The van der Waals surface area contributed by atoms with Crippen LogP contribution in [-0.4, -0.2) is 30.0 Å². The van der Waals surface area contributed by atoms with E-state index in [9.17, 15) is 4.79 Å². The third kappa shape index (κ3) is 3.54. The molecule has 25 heavy (non-hydrogen) atoms. The summed E-state index contributed by atoms with van der Waals surface area (Å²) in [6.07, 6.45) is 4.19. The SMILES string of the molecule is N#Cc1cccc(OC2CCN(C(=O)c3sccc3C3CC3)CC2)c1. The zero-order chi connectivity index (χ0) is 17.2. The molecule has 4 nitrogen and oxygen atoms in total. The number of carbonyl (C=O) groups is 1. The number of benzene rings is 1. The Balaban J connectivity index is 1.35. The van der Waals surface area contributed by atoms with Crippen LogP contribution in [0, 0.1) is 11.3 Å². The topological polar surface area (TPSA) is 53.3 Å². The van der Waals surface area contributed by atoms with E-state index in [-0.39, 0.29) is 12.0 Å². The summed E-state index contributed by atoms with van der Waals surface area (Å²) in [6, 6.07) is 11.5. The van der Waals surface area contributed by atoms with Crippen molar-refractivity contribution in [3.63, 3.8) is 0 Å². The van der Waals surface area contributed by atoms with E-state index in [1.54, 1.807) is 23.5 Å². The molecule has 0 radical (unpaired) electrons. The van der Waals surface area contributed by atoms with Gasteiger partial charge in [-0.15, -0.1) is 11.3 Å². The molecule has 2 aromatic rings. The van der Waals surface area contributed by atoms with Crippen LogP contribution in [0.25, 0.3) is 0 Å². The summed E-state index contributed by atoms with van der Waals surface area (Å²) in [4.78, 5) is 15.7. The van der Waals surface area contributed by atoms with Crippen molar-refractivity contribution >= 4 is 17.2 Å². The third-order valence-corrected chi connectivity index (χ3v) is 5.82. The zero-order valence-electron chi connectivity index (χ0n) is 14.0. The van der Waals surface area contributed by atoms with E-state index in [1.165, 1.54) is 18.4 Å². The van der Waals surface area contributed by atoms with E-state index >= 15 is 0 Å². The fourth-order valence-corrected chi connectivity index (χ4v) is 4.31. The molecule has 0 unspecified atom stereocenters. The molecule has 0 bridgehead atoms. The van der Waals surface area contributed by atoms with Crippen molar-refractivity contribution in [1.82, 2.24) is 4.90 Å². The standard InChI is InChI=1S/C20H20N2O2S/c21-13-14-2-1-3-17(12-14)24-16-6-9-22(10-7-16)20(23)19-18(8-11-25-19)15-4-5-15/h1-3,8,11-12,15-16H,4-7,9-10H2. The fraction of sp³-hybridized carbons (Fsp3) is 0.400. The smallest absolute Gasteiger partial charge is 0.264 e. The molecule has 2 fully saturated rings. The van der Waals surface area contributed by atoms with Crippen molar-refractivity contribution in [2.24, 2.45) is 0 Å². The molecule has 0 N–H and O–H groups in total. The average Bonchev–Trinajstić information content (AvgIpc) is 3.38. The summed E-state index contributed by atoms with van der Waals surface area (Å²) in [5.74, 6) is 1.53. The number of carbonyl (C=O) groups excluding carboxylic acids is 1. The number of likely N-dealkylation sites (tertiary alicyclic amines) is 1. The molecular formula is C20H20N2O2S. The molecule has 1 saturated heterocycles. The van der Waals surface area contributed by atoms with Crippen molar-refractivity contribution < 1.29 is 9.53 Å². The first-order valence-corrected chi connectivity index (χ1v) is 9.66. The predicted molar refractivity (Wildman–Crippen MR) is 97.0 cm³/mol. The number of hydrogen-bond acceptors (Lipinski definition) is 4. The lowest BCUT2D eigenvalue weighted by Crippen LogP contribution is -2.41. The molecule has 0 spiro atoms. The molecule has 1 saturated carbocycles. The molecule has 2 aliphatic rings. The predicted octanol–water partition coefficient (Wildman–Crippen LogP) is 4.18. The Morgan fingerprint density at radius 1 is 1.20 bits per heavy atom. The van der Waals surface area contributed by atoms with E-state index in [2.05, 4.69) is 12.1 Å². The second kappa shape index (κ2) is 6.89. The van der Waals surface area contributed by atoms with Crippen molar-refractivity contribution in [2.45, 2.75) is 37.7 Å². The van der Waals surface area contributed by atoms with Crippen LogP contribution in [0.3, 0.4) is 0 Å². The molecule has 128 valence electrons. The Kier molecular flexibility index (Phi) is 4.46. The monoisotopic (exact) mass is 352 g/mol. The lowest BCUT2D eigenvalue weighted by atomic mass is 10.1. The third-order valence-electron chi connectivity index (χ3n) is 4.90. The van der Waals surface area contributed by atoms with E-state index in [4.69, 9.17) is 10.00 Å². The molecule has 1 aromatic carbocycles. The van der Waals surface area contributed by atoms with Gasteiger partial charge in [0, 0.05) is 25.9 Å². The summed E-state index contributed by atoms with van der Waals surface area (Å²) in [7, 11) is 0. The van der Waals surface area contributed by atoms with Gasteiger partial charge in [0.25, 0.3) is 5.91 Å². The highest BCUT2D eigenvalue weighted by atomic mass is 32.1. The van der Waals surface area contributed by atoms with Crippen molar-refractivity contribution in [3.05, 3.63) is 51.7 Å². The first kappa shape index (κ1) is 16.2. The molecule has 1 aliphatic carbocycles. The van der Waals surface area contributed by atoms with Gasteiger partial charge in [0.1, 0.15) is 11.9 Å². The summed E-state index contributed by atoms with van der Waals surface area (Å²) in [6.45, 7) is 1.45. The molecule has 5 heteroatoms. The molecule has 2 heterocycles. The van der Waals surface area contributed by atoms with Crippen LogP contribution in [-0.2, 0) is 0 Å². The van der Waals surface area contributed by atoms with Gasteiger partial charge in [0.2, 0.25) is 0 Å². The van der Waals surface area contributed by atoms with Crippen LogP contribution in [0.2, 0.25) is 0 Å². The first-order valence-electron chi connectivity index (χ1n) is 8.78. The van der Waals surface area contributed by atoms with Crippen molar-refractivity contribution in [3.8, 4) is 11.8 Å². The number of nitriles is 1. The minimum atomic E-state index is 0.101. The number of amides is 1. The maximum atomic E-state index is 12.8. The minimum Gasteiger partial charge on any atom is -0.490 e. The van der Waals surface area contributed by atoms with Crippen LogP contribution in [0.15, 0.2) is 35.7 Å². The van der Waals surface area contributed by atoms with Crippen LogP contribution in [0.5, 0.6) is 5.75 Å². The maximum absolute atomic E-state index is 12.8. The number of thiophene rings is 1. The average molecular weight is 352 g/mol. The molecule has 0 atom stereocenters. The summed E-state index contributed by atoms with van der Waals surface area (Å²) in [5, 5.41) is 11.0. The van der Waals surface area contributed by atoms with Crippen LogP contribution in [0.4, 0.5) is 0 Å². The largest absolute Gasteiger partial charge is 0.490 e. The Morgan fingerprint density at radius 3 is 2.72 bits per heavy atom. The molecule has 4 rings (SSSR count). The maximum Gasteiger partial charge on any atom is 0.264 e. The van der Waals surface area contributed by atoms with Gasteiger partial charge in [-0.2, -0.15) is 5.26 Å². The van der Waals surface area contributed by atoms with Crippen LogP contribution in [0.1, 0.15) is 52.4 Å². The van der Waals surface area contributed by atoms with Crippen molar-refractivity contribution in [2.75, 3.05) is 13.1 Å². The van der Waals surface area contributed by atoms with E-state index in [0.717, 1.165) is 36.6 Å². The normalized spacial score (nSPS) is 18.0. The van der Waals surface area contributed by atoms with Gasteiger partial charge < -0.3 is 9.64 Å². The van der Waals surface area contributed by atoms with E-state index < -0.39 is 0 Å². The Bertz CT molecular complexity index is 811. The number of piperidine rings is 1. The zero-order valence-corrected chi connectivity index (χ0v) is 14.8. The lowest BCUT2D eigenvalue weighted by molar-refractivity contribution is 0.0599. The first-order chi connectivity index (χ1) is 12.2. The Morgan fingerprint density at radius 2 is 2.00 bits per heavy atom. The number of nitrogens with zero attached hydrogens (tertiary/aromatic N) is 2. The van der Waals surface area contributed by atoms with E-state index in [0.29, 0.717) is 11.5 Å². The quantitative estimate of drug-likeness (QED) is 0.829. The summed E-state index contributed by atoms with van der Waals surface area (Å²) in [5.41, 5.74) is 1.86. The Labute approximate surface area is 151 Å². The van der Waals surface area contributed by atoms with E-state index in [1.807, 2.05) is 22.4 Å². The highest BCUT2D eigenvalue weighted by molar-refractivity contribution is 7.12. The fourth-order valence-electron chi connectivity index (χ4n) is 3.36. The minimum absolute atomic E-state index is 0.101. The van der Waals surface area contributed by atoms with Gasteiger partial charge in [0.05, 0.1) is 16.5 Å². The molecule has 1 aliphatic heterocycles. The number of rotatable bonds is 4. The molecule has 1 aromatic heterocycles. The van der Waals surface area contributed by atoms with Gasteiger partial charge in [-0.1, -0.05) is 6.07 Å². The summed E-state index contributed by atoms with van der Waals surface area (Å²) >= 11 is 1.57. The van der Waals surface area contributed by atoms with Gasteiger partial charge in [0.15, 0.2) is 0 Å². The molecular weight excluding hydrogens is 332 g/mol. The van der Waals surface area contributed by atoms with Gasteiger partial charge in [-0.05, 0) is 54.0 Å². The highest BCUT2D eigenvalue weighted by Crippen LogP contribution is 2.43. The molecule has 1 amide bonds. The summed E-state index contributed by atoms with van der Waals surface area (Å²) < 4.78 is 6.00.